The number of ether oxygens (including phenoxy) is 1. The summed E-state index contributed by atoms with van der Waals surface area (Å²) in [7, 11) is 0. The Labute approximate surface area is 137 Å². The van der Waals surface area contributed by atoms with E-state index < -0.39 is 17.7 Å². The second-order valence-electron chi connectivity index (χ2n) is 7.28. The Kier molecular flexibility index (Phi) is 5.85. The van der Waals surface area contributed by atoms with Crippen LogP contribution in [0.4, 0.5) is 4.79 Å². The lowest BCUT2D eigenvalue weighted by atomic mass is 9.84. The minimum absolute atomic E-state index is 0.188. The molecule has 128 valence electrons. The van der Waals surface area contributed by atoms with E-state index in [4.69, 9.17) is 9.15 Å². The number of carbonyl (C=O) groups excluding carboxylic acids is 2. The van der Waals surface area contributed by atoms with Crippen molar-refractivity contribution in [3.05, 3.63) is 24.2 Å². The van der Waals surface area contributed by atoms with E-state index in [1.165, 1.54) is 25.5 Å². The maximum atomic E-state index is 12.6. The fourth-order valence-electron chi connectivity index (χ4n) is 3.03. The first-order chi connectivity index (χ1) is 10.8. The molecule has 1 N–H and O–H groups in total. The quantitative estimate of drug-likeness (QED) is 0.820. The molecule has 0 aliphatic heterocycles. The molecule has 0 bridgehead atoms. The van der Waals surface area contributed by atoms with Crippen LogP contribution in [0.15, 0.2) is 22.8 Å². The third-order valence-corrected chi connectivity index (χ3v) is 4.07. The molecule has 1 aromatic heterocycles. The molecule has 1 aromatic rings. The average molecular weight is 321 g/mol. The van der Waals surface area contributed by atoms with Gasteiger partial charge in [-0.15, -0.1) is 0 Å². The molecule has 1 atom stereocenters. The van der Waals surface area contributed by atoms with E-state index in [-0.39, 0.29) is 11.5 Å². The molecule has 0 radical (unpaired) electrons. The van der Waals surface area contributed by atoms with Crippen LogP contribution in [-0.4, -0.2) is 23.5 Å². The summed E-state index contributed by atoms with van der Waals surface area (Å²) in [6, 6.07) is 2.71. The molecular formula is C18H27NO4. The predicted octanol–water partition coefficient (Wildman–Crippen LogP) is 4.33. The van der Waals surface area contributed by atoms with Crippen molar-refractivity contribution in [2.24, 2.45) is 5.92 Å². The highest BCUT2D eigenvalue weighted by molar-refractivity contribution is 5.99. The number of rotatable bonds is 5. The first-order valence-corrected chi connectivity index (χ1v) is 8.42. The van der Waals surface area contributed by atoms with Gasteiger partial charge in [0.25, 0.3) is 0 Å². The first kappa shape index (κ1) is 17.6. The Hall–Kier alpha value is -1.78. The first-order valence-electron chi connectivity index (χ1n) is 8.42. The summed E-state index contributed by atoms with van der Waals surface area (Å²) in [6.45, 7) is 5.41. The Morgan fingerprint density at radius 2 is 2.00 bits per heavy atom. The highest BCUT2D eigenvalue weighted by atomic mass is 16.6. The summed E-state index contributed by atoms with van der Waals surface area (Å²) in [4.78, 5) is 24.7. The van der Waals surface area contributed by atoms with Gasteiger partial charge < -0.3 is 14.5 Å². The smallest absolute Gasteiger partial charge is 0.408 e. The Morgan fingerprint density at radius 1 is 1.30 bits per heavy atom. The second kappa shape index (κ2) is 7.66. The molecule has 1 saturated carbocycles. The average Bonchev–Trinajstić information content (AvgIpc) is 2.99. The summed E-state index contributed by atoms with van der Waals surface area (Å²) in [6.07, 6.45) is 7.41. The zero-order chi connectivity index (χ0) is 16.9. The van der Waals surface area contributed by atoms with Gasteiger partial charge in [-0.05, 0) is 45.2 Å². The lowest BCUT2D eigenvalue weighted by Crippen LogP contribution is -2.44. The number of alkyl carbamates (subject to hydrolysis) is 1. The van der Waals surface area contributed by atoms with Gasteiger partial charge in [0.1, 0.15) is 5.60 Å². The van der Waals surface area contributed by atoms with Gasteiger partial charge >= 0.3 is 6.09 Å². The zero-order valence-corrected chi connectivity index (χ0v) is 14.3. The third kappa shape index (κ3) is 5.73. The topological polar surface area (TPSA) is 68.5 Å². The molecule has 1 fully saturated rings. The fraction of sp³-hybridized carbons (Fsp3) is 0.667. The molecular weight excluding hydrogens is 294 g/mol. The summed E-state index contributed by atoms with van der Waals surface area (Å²) >= 11 is 0. The van der Waals surface area contributed by atoms with Gasteiger partial charge in [-0.2, -0.15) is 0 Å². The van der Waals surface area contributed by atoms with Crippen LogP contribution < -0.4 is 5.32 Å². The molecule has 5 heteroatoms. The van der Waals surface area contributed by atoms with Crippen LogP contribution in [0.25, 0.3) is 0 Å². The van der Waals surface area contributed by atoms with Crippen LogP contribution in [0, 0.1) is 5.92 Å². The van der Waals surface area contributed by atoms with Gasteiger partial charge in [-0.1, -0.05) is 32.1 Å². The van der Waals surface area contributed by atoms with Crippen molar-refractivity contribution in [2.75, 3.05) is 0 Å². The third-order valence-electron chi connectivity index (χ3n) is 4.07. The monoisotopic (exact) mass is 321 g/mol. The normalized spacial score (nSPS) is 17.5. The molecule has 0 spiro atoms. The van der Waals surface area contributed by atoms with Crippen molar-refractivity contribution in [1.82, 2.24) is 5.32 Å². The minimum Gasteiger partial charge on any atom is -0.461 e. The van der Waals surface area contributed by atoms with Gasteiger partial charge in [0.15, 0.2) is 5.76 Å². The number of ketones is 1. The summed E-state index contributed by atoms with van der Waals surface area (Å²) in [5.41, 5.74) is -0.590. The number of carbonyl (C=O) groups is 2. The van der Waals surface area contributed by atoms with E-state index >= 15 is 0 Å². The summed E-state index contributed by atoms with van der Waals surface area (Å²) in [5, 5.41) is 2.74. The van der Waals surface area contributed by atoms with Crippen molar-refractivity contribution < 1.29 is 18.7 Å². The molecule has 1 aliphatic rings. The molecule has 1 heterocycles. The molecule has 5 nitrogen and oxygen atoms in total. The second-order valence-corrected chi connectivity index (χ2v) is 7.28. The van der Waals surface area contributed by atoms with Gasteiger partial charge in [-0.3, -0.25) is 4.79 Å². The Morgan fingerprint density at radius 3 is 2.57 bits per heavy atom. The van der Waals surface area contributed by atoms with Gasteiger partial charge in [0.2, 0.25) is 5.78 Å². The molecule has 1 aliphatic carbocycles. The van der Waals surface area contributed by atoms with Crippen molar-refractivity contribution in [1.29, 1.82) is 0 Å². The highest BCUT2D eigenvalue weighted by Gasteiger charge is 2.29. The molecule has 2 rings (SSSR count). The van der Waals surface area contributed by atoms with Crippen LogP contribution in [0.5, 0.6) is 0 Å². The maximum absolute atomic E-state index is 12.6. The maximum Gasteiger partial charge on any atom is 0.408 e. The summed E-state index contributed by atoms with van der Waals surface area (Å²) in [5.74, 6) is 0.552. The molecule has 0 unspecified atom stereocenters. The van der Waals surface area contributed by atoms with Gasteiger partial charge in [-0.25, -0.2) is 4.79 Å². The van der Waals surface area contributed by atoms with E-state index in [1.54, 1.807) is 32.9 Å². The van der Waals surface area contributed by atoms with Crippen LogP contribution in [-0.2, 0) is 4.74 Å². The van der Waals surface area contributed by atoms with Crippen LogP contribution in [0.1, 0.15) is 69.9 Å². The Bertz CT molecular complexity index is 510. The van der Waals surface area contributed by atoms with Crippen molar-refractivity contribution in [2.45, 2.75) is 70.9 Å². The van der Waals surface area contributed by atoms with Crippen LogP contribution >= 0.6 is 0 Å². The number of amides is 1. The molecule has 0 saturated heterocycles. The molecule has 0 aromatic carbocycles. The van der Waals surface area contributed by atoms with Gasteiger partial charge in [0.05, 0.1) is 12.3 Å². The number of hydrogen-bond donors (Lipinski definition) is 1. The Balaban J connectivity index is 2.04. The number of nitrogens with one attached hydrogen (secondary N) is 1. The van der Waals surface area contributed by atoms with Crippen LogP contribution in [0.3, 0.4) is 0 Å². The molecule has 1 amide bonds. The lowest BCUT2D eigenvalue weighted by Gasteiger charge is -2.27. The largest absolute Gasteiger partial charge is 0.461 e. The van der Waals surface area contributed by atoms with Crippen molar-refractivity contribution in [3.63, 3.8) is 0 Å². The number of hydrogen-bond acceptors (Lipinski definition) is 4. The standard InChI is InChI=1S/C18H27NO4/c1-18(2,3)23-17(21)19-14(12-13-8-5-4-6-9-13)16(20)15-10-7-11-22-15/h7,10-11,13-14H,4-6,8-9,12H2,1-3H3,(H,19,21)/t14-/m0/s1. The van der Waals surface area contributed by atoms with E-state index in [0.29, 0.717) is 12.3 Å². The lowest BCUT2D eigenvalue weighted by molar-refractivity contribution is 0.0478. The van der Waals surface area contributed by atoms with Crippen molar-refractivity contribution >= 4 is 11.9 Å². The number of furan rings is 1. The fourth-order valence-corrected chi connectivity index (χ4v) is 3.03. The highest BCUT2D eigenvalue weighted by Crippen LogP contribution is 2.28. The van der Waals surface area contributed by atoms with E-state index in [1.807, 2.05) is 0 Å². The SMILES string of the molecule is CC(C)(C)OC(=O)N[C@@H](CC1CCCCC1)C(=O)c1ccco1. The number of Topliss-reactive ketones (excluding diaryl/α,β-unsaturated/α-hetero) is 1. The molecule has 23 heavy (non-hydrogen) atoms. The van der Waals surface area contributed by atoms with Gasteiger partial charge in [0, 0.05) is 0 Å². The van der Waals surface area contributed by atoms with E-state index in [0.717, 1.165) is 12.8 Å². The van der Waals surface area contributed by atoms with Crippen LogP contribution in [0.2, 0.25) is 0 Å². The minimum atomic E-state index is -0.598. The van der Waals surface area contributed by atoms with E-state index in [9.17, 15) is 9.59 Å². The van der Waals surface area contributed by atoms with Crippen molar-refractivity contribution in [3.8, 4) is 0 Å². The predicted molar refractivity (Wildman–Crippen MR) is 87.4 cm³/mol. The summed E-state index contributed by atoms with van der Waals surface area (Å²) < 4.78 is 10.5. The van der Waals surface area contributed by atoms with E-state index in [2.05, 4.69) is 5.32 Å². The zero-order valence-electron chi connectivity index (χ0n) is 14.3.